The van der Waals surface area contributed by atoms with E-state index in [-0.39, 0.29) is 6.04 Å². The second-order valence-corrected chi connectivity index (χ2v) is 6.91. The van der Waals surface area contributed by atoms with Gasteiger partial charge in [0.2, 0.25) is 11.7 Å². The molecule has 0 saturated heterocycles. The highest BCUT2D eigenvalue weighted by molar-refractivity contribution is 9.10. The van der Waals surface area contributed by atoms with Crippen molar-refractivity contribution in [2.24, 2.45) is 0 Å². The van der Waals surface area contributed by atoms with Gasteiger partial charge in [0.1, 0.15) is 5.75 Å². The monoisotopic (exact) mass is 415 g/mol. The van der Waals surface area contributed by atoms with Gasteiger partial charge in [-0.15, -0.1) is 0 Å². The van der Waals surface area contributed by atoms with Gasteiger partial charge in [-0.25, -0.2) is 0 Å². The van der Waals surface area contributed by atoms with Crippen molar-refractivity contribution < 1.29 is 9.26 Å². The Morgan fingerprint density at radius 3 is 2.62 bits per heavy atom. The predicted octanol–water partition coefficient (Wildman–Crippen LogP) is 4.92. The Bertz CT molecular complexity index is 862. The molecule has 3 rings (SSSR count). The van der Waals surface area contributed by atoms with E-state index in [0.29, 0.717) is 18.3 Å². The van der Waals surface area contributed by atoms with Crippen molar-refractivity contribution in [1.82, 2.24) is 15.5 Å². The van der Waals surface area contributed by atoms with Crippen molar-refractivity contribution in [2.45, 2.75) is 32.9 Å². The zero-order valence-corrected chi connectivity index (χ0v) is 16.7. The lowest BCUT2D eigenvalue weighted by Crippen LogP contribution is -2.18. The summed E-state index contributed by atoms with van der Waals surface area (Å²) in [6, 6.07) is 14.4. The Hall–Kier alpha value is -2.18. The molecule has 26 heavy (non-hydrogen) atoms. The van der Waals surface area contributed by atoms with Gasteiger partial charge in [0.05, 0.1) is 18.1 Å². The highest BCUT2D eigenvalue weighted by Gasteiger charge is 2.12. The number of hydrogen-bond acceptors (Lipinski definition) is 5. The van der Waals surface area contributed by atoms with E-state index in [4.69, 9.17) is 9.26 Å². The first kappa shape index (κ1) is 18.6. The number of methoxy groups -OCH3 is 1. The van der Waals surface area contributed by atoms with Gasteiger partial charge in [-0.3, -0.25) is 0 Å². The maximum Gasteiger partial charge on any atom is 0.240 e. The lowest BCUT2D eigenvalue weighted by atomic mass is 10.1. The number of nitrogens with zero attached hydrogens (tertiary/aromatic N) is 2. The fraction of sp³-hybridized carbons (Fsp3) is 0.300. The van der Waals surface area contributed by atoms with Crippen LogP contribution in [0, 0.1) is 0 Å². The second-order valence-electron chi connectivity index (χ2n) is 6.06. The molecule has 6 heteroatoms. The standard InChI is InChI=1S/C20H22BrN3O2/c1-4-14-5-7-15(8-6-14)20-23-19(26-24-20)12-22-13(2)16-9-10-18(25-3)17(21)11-16/h5-11,13,22H,4,12H2,1-3H3. The summed E-state index contributed by atoms with van der Waals surface area (Å²) in [5, 5.41) is 7.48. The number of halogens is 1. The first-order valence-electron chi connectivity index (χ1n) is 8.59. The SMILES string of the molecule is CCc1ccc(-c2noc(CNC(C)c3ccc(OC)c(Br)c3)n2)cc1. The molecule has 3 aromatic rings. The highest BCUT2D eigenvalue weighted by Crippen LogP contribution is 2.28. The molecule has 1 atom stereocenters. The number of nitrogens with one attached hydrogen (secondary N) is 1. The van der Waals surface area contributed by atoms with Gasteiger partial charge in [0.15, 0.2) is 0 Å². The largest absolute Gasteiger partial charge is 0.496 e. The van der Waals surface area contributed by atoms with E-state index >= 15 is 0 Å². The molecule has 1 aromatic heterocycles. The van der Waals surface area contributed by atoms with Crippen molar-refractivity contribution in [3.8, 4) is 17.1 Å². The molecule has 0 aliphatic rings. The zero-order chi connectivity index (χ0) is 18.5. The molecule has 136 valence electrons. The molecule has 0 saturated carbocycles. The van der Waals surface area contributed by atoms with E-state index in [0.717, 1.165) is 27.8 Å². The van der Waals surface area contributed by atoms with Crippen molar-refractivity contribution in [2.75, 3.05) is 7.11 Å². The van der Waals surface area contributed by atoms with Gasteiger partial charge < -0.3 is 14.6 Å². The van der Waals surface area contributed by atoms with E-state index in [9.17, 15) is 0 Å². The molecule has 1 unspecified atom stereocenters. The molecule has 0 fully saturated rings. The maximum absolute atomic E-state index is 5.37. The lowest BCUT2D eigenvalue weighted by molar-refractivity contribution is 0.360. The zero-order valence-electron chi connectivity index (χ0n) is 15.1. The van der Waals surface area contributed by atoms with Crippen LogP contribution in [0.2, 0.25) is 0 Å². The number of ether oxygens (including phenoxy) is 1. The topological polar surface area (TPSA) is 60.2 Å². The molecule has 1 N–H and O–H groups in total. The summed E-state index contributed by atoms with van der Waals surface area (Å²) >= 11 is 3.52. The van der Waals surface area contributed by atoms with Crippen LogP contribution in [0.1, 0.15) is 36.9 Å². The Morgan fingerprint density at radius 1 is 1.19 bits per heavy atom. The smallest absolute Gasteiger partial charge is 0.240 e. The summed E-state index contributed by atoms with van der Waals surface area (Å²) in [6.45, 7) is 4.73. The molecule has 0 spiro atoms. The molecule has 0 amide bonds. The Kier molecular flexibility index (Phi) is 6.06. The molecule has 0 aliphatic carbocycles. The summed E-state index contributed by atoms with van der Waals surface area (Å²) in [6.07, 6.45) is 1.01. The first-order chi connectivity index (χ1) is 12.6. The lowest BCUT2D eigenvalue weighted by Gasteiger charge is -2.14. The molecule has 5 nitrogen and oxygen atoms in total. The fourth-order valence-corrected chi connectivity index (χ4v) is 3.20. The number of benzene rings is 2. The molecule has 0 radical (unpaired) electrons. The molecular formula is C20H22BrN3O2. The van der Waals surface area contributed by atoms with Gasteiger partial charge in [-0.2, -0.15) is 4.98 Å². The third kappa shape index (κ3) is 4.31. The normalized spacial score (nSPS) is 12.2. The minimum absolute atomic E-state index is 0.136. The third-order valence-electron chi connectivity index (χ3n) is 4.32. The van der Waals surface area contributed by atoms with E-state index < -0.39 is 0 Å². The van der Waals surface area contributed by atoms with Crippen molar-refractivity contribution in [3.05, 3.63) is 64.0 Å². The second kappa shape index (κ2) is 8.47. The highest BCUT2D eigenvalue weighted by atomic mass is 79.9. The summed E-state index contributed by atoms with van der Waals surface area (Å²) in [7, 11) is 1.66. The minimum Gasteiger partial charge on any atom is -0.496 e. The third-order valence-corrected chi connectivity index (χ3v) is 4.94. The summed E-state index contributed by atoms with van der Waals surface area (Å²) in [4.78, 5) is 4.48. The Morgan fingerprint density at radius 2 is 1.96 bits per heavy atom. The minimum atomic E-state index is 0.136. The van der Waals surface area contributed by atoms with Crippen molar-refractivity contribution in [3.63, 3.8) is 0 Å². The van der Waals surface area contributed by atoms with Gasteiger partial charge in [0, 0.05) is 11.6 Å². The van der Waals surface area contributed by atoms with Crippen molar-refractivity contribution >= 4 is 15.9 Å². The number of hydrogen-bond donors (Lipinski definition) is 1. The van der Waals surface area contributed by atoms with Gasteiger partial charge in [-0.1, -0.05) is 42.4 Å². The van der Waals surface area contributed by atoms with Crippen molar-refractivity contribution in [1.29, 1.82) is 0 Å². The molecule has 1 heterocycles. The number of rotatable bonds is 7. The summed E-state index contributed by atoms with van der Waals surface area (Å²) in [5.74, 6) is 2.00. The van der Waals surface area contributed by atoms with E-state index in [2.05, 4.69) is 57.4 Å². The summed E-state index contributed by atoms with van der Waals surface area (Å²) < 4.78 is 11.6. The van der Waals surface area contributed by atoms with E-state index in [1.807, 2.05) is 30.3 Å². The fourth-order valence-electron chi connectivity index (χ4n) is 2.64. The van der Waals surface area contributed by atoms with Gasteiger partial charge in [-0.05, 0) is 52.5 Å². The van der Waals surface area contributed by atoms with Gasteiger partial charge >= 0.3 is 0 Å². The van der Waals surface area contributed by atoms with E-state index in [1.165, 1.54) is 5.56 Å². The average molecular weight is 416 g/mol. The Labute approximate surface area is 161 Å². The van der Waals surface area contributed by atoms with Crippen LogP contribution < -0.4 is 10.1 Å². The molecular weight excluding hydrogens is 394 g/mol. The van der Waals surface area contributed by atoms with Crippen LogP contribution in [-0.4, -0.2) is 17.3 Å². The number of aromatic nitrogens is 2. The van der Waals surface area contributed by atoms with Crippen LogP contribution in [0.5, 0.6) is 5.75 Å². The van der Waals surface area contributed by atoms with Crippen LogP contribution in [-0.2, 0) is 13.0 Å². The van der Waals surface area contributed by atoms with Crippen LogP contribution in [0.15, 0.2) is 51.5 Å². The molecule has 2 aromatic carbocycles. The van der Waals surface area contributed by atoms with Crippen LogP contribution in [0.25, 0.3) is 11.4 Å². The predicted molar refractivity (Wildman–Crippen MR) is 105 cm³/mol. The maximum atomic E-state index is 5.37. The number of aryl methyl sites for hydroxylation is 1. The van der Waals surface area contributed by atoms with Crippen LogP contribution in [0.4, 0.5) is 0 Å². The first-order valence-corrected chi connectivity index (χ1v) is 9.38. The Balaban J connectivity index is 1.63. The summed E-state index contributed by atoms with van der Waals surface area (Å²) in [5.41, 5.74) is 3.40. The van der Waals surface area contributed by atoms with E-state index in [1.54, 1.807) is 7.11 Å². The molecule has 0 bridgehead atoms. The van der Waals surface area contributed by atoms with Crippen LogP contribution >= 0.6 is 15.9 Å². The quantitative estimate of drug-likeness (QED) is 0.593. The average Bonchev–Trinajstić information content (AvgIpc) is 3.15. The van der Waals surface area contributed by atoms with Gasteiger partial charge in [0.25, 0.3) is 0 Å². The van der Waals surface area contributed by atoms with Crippen LogP contribution in [0.3, 0.4) is 0 Å². The molecule has 0 aliphatic heterocycles.